The van der Waals surface area contributed by atoms with Gasteiger partial charge in [-0.15, -0.1) is 11.3 Å². The highest BCUT2D eigenvalue weighted by atomic mass is 35.5. The molecule has 0 aliphatic heterocycles. The molecular weight excluding hydrogens is 356 g/mol. The Morgan fingerprint density at radius 3 is 2.60 bits per heavy atom. The van der Waals surface area contributed by atoms with E-state index in [1.165, 1.54) is 11.3 Å². The van der Waals surface area contributed by atoms with E-state index >= 15 is 0 Å². The van der Waals surface area contributed by atoms with Gasteiger partial charge >= 0.3 is 0 Å². The molecule has 1 aromatic heterocycles. The van der Waals surface area contributed by atoms with Crippen molar-refractivity contribution in [2.24, 2.45) is 0 Å². The highest BCUT2D eigenvalue weighted by Crippen LogP contribution is 2.25. The maximum Gasteiger partial charge on any atom is 0.249 e. The van der Waals surface area contributed by atoms with E-state index in [-0.39, 0.29) is 6.42 Å². The molecule has 6 heteroatoms. The molecule has 3 rings (SSSR count). The highest BCUT2D eigenvalue weighted by molar-refractivity contribution is 7.13. The summed E-state index contributed by atoms with van der Waals surface area (Å²) in [4.78, 5) is 16.5. The van der Waals surface area contributed by atoms with Crippen LogP contribution >= 0.6 is 22.9 Å². The number of hydrogen-bond donors (Lipinski definition) is 2. The molecule has 0 aliphatic rings. The van der Waals surface area contributed by atoms with Crippen LogP contribution in [0.1, 0.15) is 11.3 Å². The summed E-state index contributed by atoms with van der Waals surface area (Å²) in [5.74, 6) is -0.398. The fourth-order valence-electron chi connectivity index (χ4n) is 2.32. The first-order valence-electron chi connectivity index (χ1n) is 7.82. The van der Waals surface area contributed by atoms with E-state index in [0.717, 1.165) is 16.1 Å². The third-order valence-corrected chi connectivity index (χ3v) is 4.85. The lowest BCUT2D eigenvalue weighted by Crippen LogP contribution is -2.35. The third-order valence-electron chi connectivity index (χ3n) is 3.66. The van der Waals surface area contributed by atoms with Gasteiger partial charge in [-0.25, -0.2) is 4.98 Å². The fourth-order valence-corrected chi connectivity index (χ4v) is 3.28. The summed E-state index contributed by atoms with van der Waals surface area (Å²) in [5, 5.41) is 16.2. The molecule has 1 atom stereocenters. The molecule has 0 fully saturated rings. The average Bonchev–Trinajstić information content (AvgIpc) is 3.09. The number of aliphatic hydroxyl groups excluding tert-OH is 1. The van der Waals surface area contributed by atoms with Crippen LogP contribution in [0, 0.1) is 0 Å². The van der Waals surface area contributed by atoms with Gasteiger partial charge < -0.3 is 10.4 Å². The minimum absolute atomic E-state index is 0.185. The minimum Gasteiger partial charge on any atom is -0.383 e. The number of benzene rings is 2. The normalized spacial score (nSPS) is 11.9. The molecule has 0 saturated heterocycles. The zero-order valence-corrected chi connectivity index (χ0v) is 14.9. The Morgan fingerprint density at radius 1 is 1.16 bits per heavy atom. The van der Waals surface area contributed by atoms with E-state index in [0.29, 0.717) is 17.3 Å². The molecular formula is C19H17ClN2O2S. The van der Waals surface area contributed by atoms with Gasteiger partial charge in [0.05, 0.1) is 5.69 Å². The Kier molecular flexibility index (Phi) is 5.81. The van der Waals surface area contributed by atoms with Gasteiger partial charge in [-0.05, 0) is 17.7 Å². The van der Waals surface area contributed by atoms with Gasteiger partial charge in [0.2, 0.25) is 5.91 Å². The Balaban J connectivity index is 1.56. The predicted molar refractivity (Wildman–Crippen MR) is 101 cm³/mol. The third kappa shape index (κ3) is 4.89. The first kappa shape index (κ1) is 17.6. The molecule has 0 bridgehead atoms. The van der Waals surface area contributed by atoms with Crippen LogP contribution in [0.25, 0.3) is 10.6 Å². The predicted octanol–water partition coefficient (Wildman–Crippen LogP) is 3.68. The Morgan fingerprint density at radius 2 is 1.88 bits per heavy atom. The van der Waals surface area contributed by atoms with E-state index in [1.54, 1.807) is 0 Å². The van der Waals surface area contributed by atoms with Crippen LogP contribution in [0.15, 0.2) is 60.0 Å². The molecule has 2 aromatic carbocycles. The van der Waals surface area contributed by atoms with E-state index in [4.69, 9.17) is 11.6 Å². The molecule has 128 valence electrons. The quantitative estimate of drug-likeness (QED) is 0.693. The number of aromatic nitrogens is 1. The zero-order valence-electron chi connectivity index (χ0n) is 13.4. The second-order valence-corrected chi connectivity index (χ2v) is 6.87. The molecule has 0 aliphatic carbocycles. The summed E-state index contributed by atoms with van der Waals surface area (Å²) < 4.78 is 0. The van der Waals surface area contributed by atoms with Crippen LogP contribution in [-0.4, -0.2) is 22.1 Å². The Hall–Kier alpha value is -2.21. The number of thiazole rings is 1. The van der Waals surface area contributed by atoms with Crippen LogP contribution < -0.4 is 5.32 Å². The molecule has 0 saturated carbocycles. The molecule has 0 spiro atoms. The van der Waals surface area contributed by atoms with Crippen molar-refractivity contribution < 1.29 is 9.90 Å². The monoisotopic (exact) mass is 372 g/mol. The summed E-state index contributed by atoms with van der Waals surface area (Å²) in [5.41, 5.74) is 2.64. The number of nitrogens with one attached hydrogen (secondary N) is 1. The number of amides is 1. The lowest BCUT2D eigenvalue weighted by Gasteiger charge is -2.10. The van der Waals surface area contributed by atoms with Crippen LogP contribution in [0.3, 0.4) is 0 Å². The molecule has 4 nitrogen and oxygen atoms in total. The van der Waals surface area contributed by atoms with Gasteiger partial charge in [-0.1, -0.05) is 54.1 Å². The first-order chi connectivity index (χ1) is 12.1. The van der Waals surface area contributed by atoms with Crippen LogP contribution in [0.4, 0.5) is 0 Å². The van der Waals surface area contributed by atoms with Crippen molar-refractivity contribution in [2.75, 3.05) is 0 Å². The fraction of sp³-hybridized carbons (Fsp3) is 0.158. The molecule has 25 heavy (non-hydrogen) atoms. The summed E-state index contributed by atoms with van der Waals surface area (Å²) in [6, 6.07) is 17.0. The Bertz CT molecular complexity index is 834. The molecule has 3 aromatic rings. The SMILES string of the molecule is O=C(NCc1ccccc1)[C@@H](O)Cc1csc(-c2ccc(Cl)cc2)n1. The number of carbonyl (C=O) groups is 1. The Labute approximate surface area is 155 Å². The van der Waals surface area contributed by atoms with Crippen molar-refractivity contribution in [3.05, 3.63) is 76.3 Å². The number of nitrogens with zero attached hydrogens (tertiary/aromatic N) is 1. The standard InChI is InChI=1S/C19H17ClN2O2S/c20-15-8-6-14(7-9-15)19-22-16(12-25-19)10-17(23)18(24)21-11-13-4-2-1-3-5-13/h1-9,12,17,23H,10-11H2,(H,21,24)/t17-/m0/s1. The van der Waals surface area contributed by atoms with E-state index in [9.17, 15) is 9.90 Å². The molecule has 1 amide bonds. The zero-order chi connectivity index (χ0) is 17.6. The van der Waals surface area contributed by atoms with Gasteiger partial charge in [-0.3, -0.25) is 4.79 Å². The summed E-state index contributed by atoms with van der Waals surface area (Å²) >= 11 is 7.36. The second kappa shape index (κ2) is 8.25. The van der Waals surface area contributed by atoms with Gasteiger partial charge in [0.25, 0.3) is 0 Å². The molecule has 1 heterocycles. The second-order valence-electron chi connectivity index (χ2n) is 5.57. The number of rotatable bonds is 6. The lowest BCUT2D eigenvalue weighted by molar-refractivity contribution is -0.129. The number of halogens is 1. The lowest BCUT2D eigenvalue weighted by atomic mass is 10.2. The maximum atomic E-state index is 12.0. The van der Waals surface area contributed by atoms with Crippen molar-refractivity contribution in [1.29, 1.82) is 0 Å². The van der Waals surface area contributed by atoms with Crippen molar-refractivity contribution in [2.45, 2.75) is 19.1 Å². The van der Waals surface area contributed by atoms with Crippen molar-refractivity contribution in [3.63, 3.8) is 0 Å². The van der Waals surface area contributed by atoms with E-state index in [2.05, 4.69) is 10.3 Å². The highest BCUT2D eigenvalue weighted by Gasteiger charge is 2.17. The van der Waals surface area contributed by atoms with Crippen LogP contribution in [-0.2, 0) is 17.8 Å². The maximum absolute atomic E-state index is 12.0. The van der Waals surface area contributed by atoms with Gasteiger partial charge in [0, 0.05) is 28.9 Å². The number of carbonyl (C=O) groups excluding carboxylic acids is 1. The largest absolute Gasteiger partial charge is 0.383 e. The summed E-state index contributed by atoms with van der Waals surface area (Å²) in [6.07, 6.45) is -0.936. The topological polar surface area (TPSA) is 62.2 Å². The van der Waals surface area contributed by atoms with Crippen molar-refractivity contribution in [1.82, 2.24) is 10.3 Å². The molecule has 2 N–H and O–H groups in total. The van der Waals surface area contributed by atoms with Crippen molar-refractivity contribution >= 4 is 28.8 Å². The van der Waals surface area contributed by atoms with Gasteiger partial charge in [0.15, 0.2) is 0 Å². The van der Waals surface area contributed by atoms with E-state index < -0.39 is 12.0 Å². The summed E-state index contributed by atoms with van der Waals surface area (Å²) in [7, 11) is 0. The first-order valence-corrected chi connectivity index (χ1v) is 9.07. The molecule has 0 radical (unpaired) electrons. The minimum atomic E-state index is -1.12. The van der Waals surface area contributed by atoms with Crippen molar-refractivity contribution in [3.8, 4) is 10.6 Å². The smallest absolute Gasteiger partial charge is 0.249 e. The number of aliphatic hydroxyl groups is 1. The number of hydrogen-bond acceptors (Lipinski definition) is 4. The van der Waals surface area contributed by atoms with Gasteiger partial charge in [-0.2, -0.15) is 0 Å². The van der Waals surface area contributed by atoms with Crippen LogP contribution in [0.5, 0.6) is 0 Å². The van der Waals surface area contributed by atoms with E-state index in [1.807, 2.05) is 60.0 Å². The van der Waals surface area contributed by atoms with Gasteiger partial charge in [0.1, 0.15) is 11.1 Å². The molecule has 0 unspecified atom stereocenters. The average molecular weight is 373 g/mol. The van der Waals surface area contributed by atoms with Crippen LogP contribution in [0.2, 0.25) is 5.02 Å². The summed E-state index contributed by atoms with van der Waals surface area (Å²) in [6.45, 7) is 0.393.